The first-order chi connectivity index (χ1) is 8.27. The molecular formula is C15H14O2. The molecule has 0 spiro atoms. The van der Waals surface area contributed by atoms with Crippen LogP contribution in [0.1, 0.15) is 18.4 Å². The molecule has 2 aromatic rings. The Labute approximate surface area is 101 Å². The van der Waals surface area contributed by atoms with Crippen molar-refractivity contribution in [2.45, 2.75) is 12.8 Å². The second-order valence-corrected chi connectivity index (χ2v) is 3.87. The SMILES string of the molecule is C[C@@H](C(=O)Oc1ccccc1)c1ccccc1. The first kappa shape index (κ1) is 11.4. The van der Waals surface area contributed by atoms with Crippen LogP contribution in [0, 0.1) is 0 Å². The summed E-state index contributed by atoms with van der Waals surface area (Å²) in [5.74, 6) is 0.0964. The molecule has 86 valence electrons. The molecule has 0 heterocycles. The summed E-state index contributed by atoms with van der Waals surface area (Å²) in [6, 6.07) is 18.7. The van der Waals surface area contributed by atoms with E-state index in [1.807, 2.05) is 55.5 Å². The summed E-state index contributed by atoms with van der Waals surface area (Å²) < 4.78 is 5.29. The van der Waals surface area contributed by atoms with Crippen molar-refractivity contribution in [3.8, 4) is 5.75 Å². The fraction of sp³-hybridized carbons (Fsp3) is 0.133. The second-order valence-electron chi connectivity index (χ2n) is 3.87. The first-order valence-electron chi connectivity index (χ1n) is 5.59. The molecule has 0 aromatic heterocycles. The van der Waals surface area contributed by atoms with Crippen molar-refractivity contribution in [2.24, 2.45) is 0 Å². The average Bonchev–Trinajstić information content (AvgIpc) is 2.40. The Kier molecular flexibility index (Phi) is 3.55. The number of hydrogen-bond acceptors (Lipinski definition) is 2. The van der Waals surface area contributed by atoms with Crippen LogP contribution in [-0.4, -0.2) is 5.97 Å². The van der Waals surface area contributed by atoms with Crippen LogP contribution in [-0.2, 0) is 4.79 Å². The van der Waals surface area contributed by atoms with Crippen molar-refractivity contribution in [1.29, 1.82) is 0 Å². The van der Waals surface area contributed by atoms with Crippen LogP contribution in [0.4, 0.5) is 0 Å². The summed E-state index contributed by atoms with van der Waals surface area (Å²) in [6.45, 7) is 1.85. The summed E-state index contributed by atoms with van der Waals surface area (Å²) in [6.07, 6.45) is 0. The summed E-state index contributed by atoms with van der Waals surface area (Å²) in [7, 11) is 0. The normalized spacial score (nSPS) is 11.8. The van der Waals surface area contributed by atoms with E-state index in [1.54, 1.807) is 12.1 Å². The third-order valence-electron chi connectivity index (χ3n) is 2.61. The fourth-order valence-electron chi connectivity index (χ4n) is 1.57. The van der Waals surface area contributed by atoms with Crippen LogP contribution < -0.4 is 4.74 Å². The van der Waals surface area contributed by atoms with Gasteiger partial charge in [-0.25, -0.2) is 0 Å². The van der Waals surface area contributed by atoms with E-state index in [9.17, 15) is 4.79 Å². The molecule has 0 saturated heterocycles. The smallest absolute Gasteiger partial charge is 0.318 e. The monoisotopic (exact) mass is 226 g/mol. The lowest BCUT2D eigenvalue weighted by Crippen LogP contribution is -2.16. The zero-order valence-corrected chi connectivity index (χ0v) is 9.67. The van der Waals surface area contributed by atoms with Crippen molar-refractivity contribution in [1.82, 2.24) is 0 Å². The average molecular weight is 226 g/mol. The van der Waals surface area contributed by atoms with Gasteiger partial charge in [0.2, 0.25) is 0 Å². The fourth-order valence-corrected chi connectivity index (χ4v) is 1.57. The number of hydrogen-bond donors (Lipinski definition) is 0. The van der Waals surface area contributed by atoms with Gasteiger partial charge in [-0.1, -0.05) is 48.5 Å². The van der Waals surface area contributed by atoms with Crippen LogP contribution in [0.15, 0.2) is 60.7 Å². The van der Waals surface area contributed by atoms with E-state index in [-0.39, 0.29) is 11.9 Å². The van der Waals surface area contributed by atoms with E-state index >= 15 is 0 Å². The lowest BCUT2D eigenvalue weighted by Gasteiger charge is -2.11. The van der Waals surface area contributed by atoms with Crippen molar-refractivity contribution in [3.63, 3.8) is 0 Å². The molecule has 0 N–H and O–H groups in total. The zero-order chi connectivity index (χ0) is 12.1. The predicted molar refractivity (Wildman–Crippen MR) is 66.9 cm³/mol. The quantitative estimate of drug-likeness (QED) is 0.592. The van der Waals surface area contributed by atoms with Gasteiger partial charge in [0.15, 0.2) is 0 Å². The van der Waals surface area contributed by atoms with E-state index in [0.717, 1.165) is 5.56 Å². The minimum absolute atomic E-state index is 0.234. The van der Waals surface area contributed by atoms with Crippen molar-refractivity contribution < 1.29 is 9.53 Å². The number of esters is 1. The van der Waals surface area contributed by atoms with E-state index in [4.69, 9.17) is 4.74 Å². The highest BCUT2D eigenvalue weighted by Crippen LogP contribution is 2.18. The second kappa shape index (κ2) is 5.30. The maximum absolute atomic E-state index is 11.9. The van der Waals surface area contributed by atoms with Gasteiger partial charge < -0.3 is 4.74 Å². The molecule has 0 aliphatic rings. The van der Waals surface area contributed by atoms with Crippen LogP contribution in [0.5, 0.6) is 5.75 Å². The third kappa shape index (κ3) is 2.94. The van der Waals surface area contributed by atoms with Gasteiger partial charge in [-0.2, -0.15) is 0 Å². The third-order valence-corrected chi connectivity index (χ3v) is 2.61. The number of para-hydroxylation sites is 1. The molecule has 0 unspecified atom stereocenters. The van der Waals surface area contributed by atoms with Crippen molar-refractivity contribution in [3.05, 3.63) is 66.2 Å². The molecule has 0 aliphatic carbocycles. The molecule has 1 atom stereocenters. The molecule has 2 nitrogen and oxygen atoms in total. The predicted octanol–water partition coefficient (Wildman–Crippen LogP) is 3.40. The summed E-state index contributed by atoms with van der Waals surface area (Å²) >= 11 is 0. The molecule has 2 rings (SSSR count). The molecule has 0 radical (unpaired) electrons. The highest BCUT2D eigenvalue weighted by Gasteiger charge is 2.16. The Morgan fingerprint density at radius 2 is 1.47 bits per heavy atom. The summed E-state index contributed by atoms with van der Waals surface area (Å²) in [5, 5.41) is 0. The maximum Gasteiger partial charge on any atom is 0.318 e. The standard InChI is InChI=1S/C15H14O2/c1-12(13-8-4-2-5-9-13)15(16)17-14-10-6-3-7-11-14/h2-12H,1H3/t12-/m1/s1. The Bertz CT molecular complexity index is 477. The van der Waals surface area contributed by atoms with Crippen molar-refractivity contribution in [2.75, 3.05) is 0 Å². The van der Waals surface area contributed by atoms with Gasteiger partial charge in [0.1, 0.15) is 5.75 Å². The van der Waals surface area contributed by atoms with E-state index in [2.05, 4.69) is 0 Å². The van der Waals surface area contributed by atoms with E-state index in [1.165, 1.54) is 0 Å². The van der Waals surface area contributed by atoms with Crippen molar-refractivity contribution >= 4 is 5.97 Å². The van der Waals surface area contributed by atoms with Gasteiger partial charge in [0.05, 0.1) is 5.92 Å². The minimum atomic E-state index is -0.253. The molecule has 0 saturated carbocycles. The number of ether oxygens (including phenoxy) is 1. The van der Waals surface area contributed by atoms with E-state index in [0.29, 0.717) is 5.75 Å². The first-order valence-corrected chi connectivity index (χ1v) is 5.59. The van der Waals surface area contributed by atoms with Crippen LogP contribution in [0.25, 0.3) is 0 Å². The Hall–Kier alpha value is -2.09. The molecule has 0 bridgehead atoms. The van der Waals surface area contributed by atoms with Crippen LogP contribution >= 0.6 is 0 Å². The summed E-state index contributed by atoms with van der Waals surface area (Å²) in [5.41, 5.74) is 0.966. The minimum Gasteiger partial charge on any atom is -0.426 e. The molecule has 17 heavy (non-hydrogen) atoms. The maximum atomic E-state index is 11.9. The molecule has 2 heteroatoms. The Morgan fingerprint density at radius 3 is 2.06 bits per heavy atom. The van der Waals surface area contributed by atoms with Gasteiger partial charge in [-0.3, -0.25) is 4.79 Å². The zero-order valence-electron chi connectivity index (χ0n) is 9.67. The highest BCUT2D eigenvalue weighted by atomic mass is 16.5. The van der Waals surface area contributed by atoms with Crippen LogP contribution in [0.2, 0.25) is 0 Å². The Morgan fingerprint density at radius 1 is 0.941 bits per heavy atom. The van der Waals surface area contributed by atoms with Gasteiger partial charge in [0, 0.05) is 0 Å². The number of benzene rings is 2. The molecule has 0 aliphatic heterocycles. The highest BCUT2D eigenvalue weighted by molar-refractivity contribution is 5.79. The van der Waals surface area contributed by atoms with Gasteiger partial charge in [-0.15, -0.1) is 0 Å². The van der Waals surface area contributed by atoms with E-state index < -0.39 is 0 Å². The summed E-state index contributed by atoms with van der Waals surface area (Å²) in [4.78, 5) is 11.9. The molecule has 0 fully saturated rings. The Balaban J connectivity index is 2.06. The van der Waals surface area contributed by atoms with Gasteiger partial charge >= 0.3 is 5.97 Å². The lowest BCUT2D eigenvalue weighted by atomic mass is 10.0. The molecular weight excluding hydrogens is 212 g/mol. The number of carbonyl (C=O) groups is 1. The van der Waals surface area contributed by atoms with Gasteiger partial charge in [0.25, 0.3) is 0 Å². The van der Waals surface area contributed by atoms with Gasteiger partial charge in [-0.05, 0) is 24.6 Å². The number of rotatable bonds is 3. The molecule has 0 amide bonds. The van der Waals surface area contributed by atoms with Crippen LogP contribution in [0.3, 0.4) is 0 Å². The largest absolute Gasteiger partial charge is 0.426 e. The number of carbonyl (C=O) groups excluding carboxylic acids is 1. The lowest BCUT2D eigenvalue weighted by molar-refractivity contribution is -0.135. The molecule has 2 aromatic carbocycles. The topological polar surface area (TPSA) is 26.3 Å².